The second-order valence-electron chi connectivity index (χ2n) is 7.63. The van der Waals surface area contributed by atoms with Gasteiger partial charge in [0.2, 0.25) is 11.8 Å². The minimum atomic E-state index is -0.426. The predicted octanol–water partition coefficient (Wildman–Crippen LogP) is 1.54. The third-order valence-corrected chi connectivity index (χ3v) is 6.06. The molecule has 0 saturated carbocycles. The molecule has 6 heteroatoms. The molecule has 6 nitrogen and oxygen atoms in total. The number of benzene rings is 2. The number of fused-ring (bicyclic) bond motifs is 3. The van der Waals surface area contributed by atoms with Crippen molar-refractivity contribution in [3.63, 3.8) is 0 Å². The van der Waals surface area contributed by atoms with E-state index in [0.29, 0.717) is 25.1 Å². The average Bonchev–Trinajstić information content (AvgIpc) is 3.33. The van der Waals surface area contributed by atoms with E-state index in [-0.39, 0.29) is 29.8 Å². The van der Waals surface area contributed by atoms with Crippen molar-refractivity contribution in [1.82, 2.24) is 15.1 Å². The van der Waals surface area contributed by atoms with Crippen LogP contribution in [0.5, 0.6) is 0 Å². The first-order valence-corrected chi connectivity index (χ1v) is 9.53. The molecule has 0 aromatic heterocycles. The lowest BCUT2D eigenvalue weighted by Crippen LogP contribution is -2.60. The minimum Gasteiger partial charge on any atom is -0.347 e. The first-order valence-electron chi connectivity index (χ1n) is 9.53. The first kappa shape index (κ1) is 16.3. The number of nitrogens with zero attached hydrogens (tertiary/aromatic N) is 2. The summed E-state index contributed by atoms with van der Waals surface area (Å²) in [6, 6.07) is 12.5. The largest absolute Gasteiger partial charge is 0.347 e. The molecule has 3 fully saturated rings. The summed E-state index contributed by atoms with van der Waals surface area (Å²) in [6.07, 6.45) is 2.13. The fraction of sp³-hybridized carbons (Fsp3) is 0.381. The number of carbonyl (C=O) groups is 3. The van der Waals surface area contributed by atoms with Crippen molar-refractivity contribution in [2.45, 2.75) is 37.4 Å². The van der Waals surface area contributed by atoms with Gasteiger partial charge >= 0.3 is 0 Å². The Morgan fingerprint density at radius 3 is 2.63 bits per heavy atom. The van der Waals surface area contributed by atoms with Crippen LogP contribution >= 0.6 is 0 Å². The van der Waals surface area contributed by atoms with Crippen LogP contribution < -0.4 is 5.32 Å². The van der Waals surface area contributed by atoms with E-state index in [9.17, 15) is 14.4 Å². The zero-order chi connectivity index (χ0) is 18.5. The van der Waals surface area contributed by atoms with Gasteiger partial charge in [-0.15, -0.1) is 0 Å². The Morgan fingerprint density at radius 2 is 1.74 bits per heavy atom. The monoisotopic (exact) mass is 363 g/mol. The number of rotatable bonds is 2. The SMILES string of the molecule is O=C(N[C@H]1C[C@H]2C(=O)N3CCC[C@H]3C(=O)N2C1)c1cccc2ccccc12. The molecular formula is C21H21N3O3. The van der Waals surface area contributed by atoms with E-state index in [0.717, 1.165) is 23.6 Å². The van der Waals surface area contributed by atoms with Crippen LogP contribution in [0.2, 0.25) is 0 Å². The molecule has 3 aliphatic heterocycles. The first-order chi connectivity index (χ1) is 13.1. The number of piperazine rings is 1. The Labute approximate surface area is 157 Å². The second kappa shape index (κ2) is 6.08. The van der Waals surface area contributed by atoms with Gasteiger partial charge < -0.3 is 15.1 Å². The molecule has 0 radical (unpaired) electrons. The molecule has 3 saturated heterocycles. The highest BCUT2D eigenvalue weighted by Gasteiger charge is 2.51. The molecule has 27 heavy (non-hydrogen) atoms. The van der Waals surface area contributed by atoms with Crippen LogP contribution in [0, 0.1) is 0 Å². The number of carbonyl (C=O) groups excluding carboxylic acids is 3. The van der Waals surface area contributed by atoms with Gasteiger partial charge in [0.1, 0.15) is 12.1 Å². The van der Waals surface area contributed by atoms with Gasteiger partial charge in [0.05, 0.1) is 0 Å². The zero-order valence-corrected chi connectivity index (χ0v) is 14.9. The maximum absolute atomic E-state index is 12.9. The van der Waals surface area contributed by atoms with Gasteiger partial charge in [-0.1, -0.05) is 36.4 Å². The van der Waals surface area contributed by atoms with E-state index in [1.54, 1.807) is 9.80 Å². The number of nitrogens with one attached hydrogen (secondary N) is 1. The summed E-state index contributed by atoms with van der Waals surface area (Å²) >= 11 is 0. The van der Waals surface area contributed by atoms with Gasteiger partial charge in [-0.3, -0.25) is 14.4 Å². The fourth-order valence-electron chi connectivity index (χ4n) is 4.77. The van der Waals surface area contributed by atoms with Gasteiger partial charge in [0, 0.05) is 24.7 Å². The molecular weight excluding hydrogens is 342 g/mol. The van der Waals surface area contributed by atoms with E-state index in [4.69, 9.17) is 0 Å². The van der Waals surface area contributed by atoms with Gasteiger partial charge in [0.15, 0.2) is 0 Å². The Bertz CT molecular complexity index is 921. The third kappa shape index (κ3) is 2.51. The Kier molecular flexibility index (Phi) is 3.67. The van der Waals surface area contributed by atoms with Crippen molar-refractivity contribution in [3.05, 3.63) is 48.0 Å². The average molecular weight is 363 g/mol. The van der Waals surface area contributed by atoms with Crippen molar-refractivity contribution < 1.29 is 14.4 Å². The summed E-state index contributed by atoms with van der Waals surface area (Å²) in [6.45, 7) is 1.09. The van der Waals surface area contributed by atoms with Gasteiger partial charge in [0.25, 0.3) is 5.91 Å². The molecule has 0 aliphatic carbocycles. The summed E-state index contributed by atoms with van der Waals surface area (Å²) in [7, 11) is 0. The number of hydrogen-bond acceptors (Lipinski definition) is 3. The van der Waals surface area contributed by atoms with Crippen LogP contribution in [0.3, 0.4) is 0 Å². The fourth-order valence-corrected chi connectivity index (χ4v) is 4.77. The highest BCUT2D eigenvalue weighted by atomic mass is 16.2. The van der Waals surface area contributed by atoms with Gasteiger partial charge in [-0.05, 0) is 36.1 Å². The molecule has 5 rings (SSSR count). The van der Waals surface area contributed by atoms with Crippen LogP contribution in [0.15, 0.2) is 42.5 Å². The standard InChI is InChI=1S/C21H21N3O3/c25-19(16-8-3-6-13-5-1-2-7-15(13)16)22-14-11-18-21(27)23-10-4-9-17(23)20(26)24(18)12-14/h1-3,5-8,14,17-18H,4,9-12H2,(H,22,25)/t14-,17-,18-/m0/s1. The van der Waals surface area contributed by atoms with Crippen LogP contribution in [0.4, 0.5) is 0 Å². The summed E-state index contributed by atoms with van der Waals surface area (Å²) in [5, 5.41) is 4.96. The Morgan fingerprint density at radius 1 is 0.963 bits per heavy atom. The van der Waals surface area contributed by atoms with Crippen LogP contribution in [0.25, 0.3) is 10.8 Å². The summed E-state index contributed by atoms with van der Waals surface area (Å²) in [4.78, 5) is 41.7. The van der Waals surface area contributed by atoms with E-state index >= 15 is 0 Å². The molecule has 3 atom stereocenters. The van der Waals surface area contributed by atoms with Crippen molar-refractivity contribution in [2.24, 2.45) is 0 Å². The second-order valence-corrected chi connectivity index (χ2v) is 7.63. The van der Waals surface area contributed by atoms with E-state index in [2.05, 4.69) is 5.32 Å². The molecule has 3 aliphatic rings. The molecule has 0 unspecified atom stereocenters. The molecule has 3 amide bonds. The molecule has 2 aromatic carbocycles. The molecule has 2 aromatic rings. The Balaban J connectivity index is 1.36. The quantitative estimate of drug-likeness (QED) is 0.880. The van der Waals surface area contributed by atoms with E-state index in [1.165, 1.54) is 0 Å². The lowest BCUT2D eigenvalue weighted by atomic mass is 10.0. The Hall–Kier alpha value is -2.89. The lowest BCUT2D eigenvalue weighted by molar-refractivity contribution is -0.156. The van der Waals surface area contributed by atoms with Crippen molar-refractivity contribution >= 4 is 28.5 Å². The van der Waals surface area contributed by atoms with Crippen molar-refractivity contribution in [2.75, 3.05) is 13.1 Å². The minimum absolute atomic E-state index is 0.0407. The maximum atomic E-state index is 12.9. The van der Waals surface area contributed by atoms with Crippen LogP contribution in [-0.4, -0.2) is 58.7 Å². The normalized spacial score (nSPS) is 27.0. The number of hydrogen-bond donors (Lipinski definition) is 1. The molecule has 3 heterocycles. The van der Waals surface area contributed by atoms with Crippen molar-refractivity contribution in [1.29, 1.82) is 0 Å². The maximum Gasteiger partial charge on any atom is 0.252 e. The van der Waals surface area contributed by atoms with E-state index in [1.807, 2.05) is 42.5 Å². The topological polar surface area (TPSA) is 69.7 Å². The molecule has 138 valence electrons. The molecule has 1 N–H and O–H groups in total. The van der Waals surface area contributed by atoms with Crippen LogP contribution in [-0.2, 0) is 9.59 Å². The lowest BCUT2D eigenvalue weighted by Gasteiger charge is -2.38. The molecule has 0 bridgehead atoms. The highest BCUT2D eigenvalue weighted by molar-refractivity contribution is 6.07. The van der Waals surface area contributed by atoms with E-state index < -0.39 is 6.04 Å². The molecule has 0 spiro atoms. The smallest absolute Gasteiger partial charge is 0.252 e. The van der Waals surface area contributed by atoms with Gasteiger partial charge in [-0.2, -0.15) is 0 Å². The van der Waals surface area contributed by atoms with Crippen molar-refractivity contribution in [3.8, 4) is 0 Å². The third-order valence-electron chi connectivity index (χ3n) is 6.06. The van der Waals surface area contributed by atoms with Crippen LogP contribution in [0.1, 0.15) is 29.6 Å². The summed E-state index contributed by atoms with van der Waals surface area (Å²) in [5.41, 5.74) is 0.622. The summed E-state index contributed by atoms with van der Waals surface area (Å²) < 4.78 is 0. The number of amides is 3. The predicted molar refractivity (Wildman–Crippen MR) is 100 cm³/mol. The highest BCUT2D eigenvalue weighted by Crippen LogP contribution is 2.32. The summed E-state index contributed by atoms with van der Waals surface area (Å²) in [5.74, 6) is -0.0740. The zero-order valence-electron chi connectivity index (χ0n) is 14.9. The van der Waals surface area contributed by atoms with Gasteiger partial charge in [-0.25, -0.2) is 0 Å².